The van der Waals surface area contributed by atoms with Gasteiger partial charge in [0.15, 0.2) is 6.29 Å². The number of aliphatic hydroxyl groups excluding tert-OH is 4. The summed E-state index contributed by atoms with van der Waals surface area (Å²) in [6.07, 6.45) is -7.33. The van der Waals surface area contributed by atoms with Crippen molar-refractivity contribution in [3.05, 3.63) is 18.2 Å². The third kappa shape index (κ3) is 3.11. The summed E-state index contributed by atoms with van der Waals surface area (Å²) in [5.74, 6) is -0.297. The third-order valence-corrected chi connectivity index (χ3v) is 2.98. The van der Waals surface area contributed by atoms with Gasteiger partial charge in [0.25, 0.3) is 0 Å². The van der Waals surface area contributed by atoms with Crippen molar-refractivity contribution in [1.29, 1.82) is 0 Å². The highest BCUT2D eigenvalue weighted by atomic mass is 16.6. The number of rotatable bonds is 3. The summed E-state index contributed by atoms with van der Waals surface area (Å²) in [5.41, 5.74) is 0. The van der Waals surface area contributed by atoms with Crippen molar-refractivity contribution in [3.8, 4) is 17.2 Å². The molecule has 8 heteroatoms. The molecule has 2 rings (SSSR count). The lowest BCUT2D eigenvalue weighted by molar-refractivity contribution is -0.285. The number of aliphatic hydroxyl groups is 4. The molecule has 5 atom stereocenters. The van der Waals surface area contributed by atoms with Crippen LogP contribution in [0.1, 0.15) is 0 Å². The maximum absolute atomic E-state index is 9.69. The van der Waals surface area contributed by atoms with E-state index in [0.29, 0.717) is 0 Å². The lowest BCUT2D eigenvalue weighted by atomic mass is 9.99. The number of phenols is 2. The van der Waals surface area contributed by atoms with Gasteiger partial charge in [-0.3, -0.25) is 0 Å². The van der Waals surface area contributed by atoms with Crippen LogP contribution in [0.2, 0.25) is 0 Å². The van der Waals surface area contributed by atoms with E-state index in [-0.39, 0.29) is 23.9 Å². The molecule has 0 aromatic heterocycles. The van der Waals surface area contributed by atoms with Crippen LogP contribution in [0.5, 0.6) is 17.2 Å². The van der Waals surface area contributed by atoms with Crippen molar-refractivity contribution in [2.75, 3.05) is 6.61 Å². The minimum absolute atomic E-state index is 0.119. The number of ether oxygens (including phenoxy) is 2. The predicted octanol–water partition coefficient (Wildman–Crippen LogP) is -1.72. The summed E-state index contributed by atoms with van der Waals surface area (Å²) in [6.45, 7) is -0.259. The zero-order valence-electron chi connectivity index (χ0n) is 10.3. The van der Waals surface area contributed by atoms with Gasteiger partial charge in [-0.2, -0.15) is 0 Å². The molecule has 8 nitrogen and oxygen atoms in total. The monoisotopic (exact) mass is 288 g/mol. The second-order valence-corrected chi connectivity index (χ2v) is 4.53. The first-order chi connectivity index (χ1) is 9.38. The van der Waals surface area contributed by atoms with E-state index >= 15 is 0 Å². The molecule has 1 fully saturated rings. The van der Waals surface area contributed by atoms with Gasteiger partial charge in [-0.1, -0.05) is 0 Å². The number of phenolic OH excluding ortho intramolecular Hbond substituents is 2. The first kappa shape index (κ1) is 14.8. The van der Waals surface area contributed by atoms with Crippen LogP contribution in [0.25, 0.3) is 0 Å². The van der Waals surface area contributed by atoms with Gasteiger partial charge in [0, 0.05) is 18.2 Å². The molecule has 1 saturated heterocycles. The van der Waals surface area contributed by atoms with Crippen LogP contribution in [0.15, 0.2) is 18.2 Å². The lowest BCUT2D eigenvalue weighted by Gasteiger charge is -2.38. The fourth-order valence-corrected chi connectivity index (χ4v) is 1.90. The second-order valence-electron chi connectivity index (χ2n) is 4.53. The molecule has 20 heavy (non-hydrogen) atoms. The smallest absolute Gasteiger partial charge is 0.184 e. The summed E-state index contributed by atoms with van der Waals surface area (Å²) in [7, 11) is 0. The average molecular weight is 288 g/mol. The number of hydrogen-bond donors (Lipinski definition) is 6. The molecule has 1 aromatic carbocycles. The topological polar surface area (TPSA) is 140 Å². The Hall–Kier alpha value is -1.58. The zero-order valence-corrected chi connectivity index (χ0v) is 10.3. The van der Waals surface area contributed by atoms with Gasteiger partial charge in [-0.05, 0) is 0 Å². The van der Waals surface area contributed by atoms with Gasteiger partial charge in [0.1, 0.15) is 48.3 Å². The van der Waals surface area contributed by atoms with Crippen LogP contribution in [0.3, 0.4) is 0 Å². The summed E-state index contributed by atoms with van der Waals surface area (Å²) >= 11 is 0. The Morgan fingerprint density at radius 1 is 0.900 bits per heavy atom. The van der Waals surface area contributed by atoms with Gasteiger partial charge in [-0.15, -0.1) is 0 Å². The molecule has 0 unspecified atom stereocenters. The molecule has 0 radical (unpaired) electrons. The van der Waals surface area contributed by atoms with E-state index in [1.807, 2.05) is 0 Å². The normalized spacial score (nSPS) is 33.9. The highest BCUT2D eigenvalue weighted by molar-refractivity contribution is 5.40. The Labute approximate surface area is 114 Å². The van der Waals surface area contributed by atoms with Crippen LogP contribution in [0.4, 0.5) is 0 Å². The van der Waals surface area contributed by atoms with Crippen molar-refractivity contribution in [3.63, 3.8) is 0 Å². The van der Waals surface area contributed by atoms with Crippen LogP contribution in [0, 0.1) is 0 Å². The molecule has 0 spiro atoms. The maximum Gasteiger partial charge on any atom is 0.184 e. The van der Waals surface area contributed by atoms with Crippen LogP contribution in [-0.4, -0.2) is 68.0 Å². The summed E-state index contributed by atoms with van der Waals surface area (Å²) < 4.78 is 10.1. The van der Waals surface area contributed by atoms with E-state index in [0.717, 1.165) is 6.07 Å². The molecule has 1 aromatic rings. The molecule has 112 valence electrons. The number of benzene rings is 1. The largest absolute Gasteiger partial charge is 0.508 e. The van der Waals surface area contributed by atoms with Crippen LogP contribution in [-0.2, 0) is 4.74 Å². The lowest BCUT2D eigenvalue weighted by Crippen LogP contribution is -2.58. The molecule has 0 aliphatic carbocycles. The predicted molar refractivity (Wildman–Crippen MR) is 64.2 cm³/mol. The van der Waals surface area contributed by atoms with Gasteiger partial charge in [-0.25, -0.2) is 0 Å². The Balaban J connectivity index is 1.99. The second kappa shape index (κ2) is 5.81. The van der Waals surface area contributed by atoms with E-state index in [2.05, 4.69) is 0 Å². The Kier molecular flexibility index (Phi) is 4.31. The fourth-order valence-electron chi connectivity index (χ4n) is 1.90. The third-order valence-electron chi connectivity index (χ3n) is 2.98. The highest BCUT2D eigenvalue weighted by Crippen LogP contribution is 2.27. The van der Waals surface area contributed by atoms with Crippen molar-refractivity contribution in [1.82, 2.24) is 0 Å². The standard InChI is InChI=1S/C12H16O8/c13-5-1-6(14)3-7(2-5)19-4-8-9(15)10(16)11(17)12(18)20-8/h1-3,8-18H,4H2/t8-,9-,10+,11-,12-/m1/s1. The molecule has 0 bridgehead atoms. The molecule has 1 aliphatic heterocycles. The van der Waals surface area contributed by atoms with Crippen molar-refractivity contribution >= 4 is 0 Å². The average Bonchev–Trinajstić information content (AvgIpc) is 2.38. The highest BCUT2D eigenvalue weighted by Gasteiger charge is 2.43. The summed E-state index contributed by atoms with van der Waals surface area (Å²) in [5, 5.41) is 56.4. The first-order valence-electron chi connectivity index (χ1n) is 5.92. The summed E-state index contributed by atoms with van der Waals surface area (Å²) in [6, 6.07) is 3.58. The van der Waals surface area contributed by atoms with Crippen molar-refractivity contribution < 1.29 is 40.1 Å². The zero-order chi connectivity index (χ0) is 14.9. The molecule has 0 saturated carbocycles. The molecule has 0 amide bonds. The molecule has 6 N–H and O–H groups in total. The molecular weight excluding hydrogens is 272 g/mol. The van der Waals surface area contributed by atoms with Crippen LogP contribution >= 0.6 is 0 Å². The van der Waals surface area contributed by atoms with E-state index in [1.165, 1.54) is 12.1 Å². The quantitative estimate of drug-likeness (QED) is 0.386. The number of hydrogen-bond acceptors (Lipinski definition) is 8. The van der Waals surface area contributed by atoms with Gasteiger partial charge < -0.3 is 40.1 Å². The van der Waals surface area contributed by atoms with Crippen molar-refractivity contribution in [2.24, 2.45) is 0 Å². The molecule has 1 aliphatic rings. The van der Waals surface area contributed by atoms with Gasteiger partial charge in [0.05, 0.1) is 0 Å². The van der Waals surface area contributed by atoms with E-state index in [1.54, 1.807) is 0 Å². The maximum atomic E-state index is 9.69. The number of aromatic hydroxyl groups is 2. The Morgan fingerprint density at radius 2 is 1.50 bits per heavy atom. The van der Waals surface area contributed by atoms with E-state index < -0.39 is 30.7 Å². The van der Waals surface area contributed by atoms with Gasteiger partial charge >= 0.3 is 0 Å². The molecule has 1 heterocycles. The minimum Gasteiger partial charge on any atom is -0.508 e. The fraction of sp³-hybridized carbons (Fsp3) is 0.500. The van der Waals surface area contributed by atoms with Crippen LogP contribution < -0.4 is 4.74 Å². The Bertz CT molecular complexity index is 445. The molecular formula is C12H16O8. The summed E-state index contributed by atoms with van der Waals surface area (Å²) in [4.78, 5) is 0. The Morgan fingerprint density at radius 3 is 2.10 bits per heavy atom. The SMILES string of the molecule is Oc1cc(O)cc(OC[C@H]2O[C@@H](O)[C@H](O)[C@@H](O)[C@@H]2O)c1. The van der Waals surface area contributed by atoms with E-state index in [9.17, 15) is 30.6 Å². The van der Waals surface area contributed by atoms with Gasteiger partial charge in [0.2, 0.25) is 0 Å². The minimum atomic E-state index is -1.64. The van der Waals surface area contributed by atoms with Crippen molar-refractivity contribution in [2.45, 2.75) is 30.7 Å². The van der Waals surface area contributed by atoms with E-state index in [4.69, 9.17) is 9.47 Å². The first-order valence-corrected chi connectivity index (χ1v) is 5.92.